The summed E-state index contributed by atoms with van der Waals surface area (Å²) < 4.78 is 21.3. The van der Waals surface area contributed by atoms with E-state index in [1.54, 1.807) is 18.5 Å². The monoisotopic (exact) mass is 447 g/mol. The van der Waals surface area contributed by atoms with Gasteiger partial charge in [0.1, 0.15) is 18.3 Å². The summed E-state index contributed by atoms with van der Waals surface area (Å²) in [5.74, 6) is -0.960. The lowest BCUT2D eigenvalue weighted by molar-refractivity contribution is -0.153. The Balaban J connectivity index is 1.40. The standard InChI is InChI=1S/C21H29N5O6/c1-12-13(10-25(4)24-12)5-6-16(27)22-9-15-19-18(31-21(2,3)32-19)14(11-30-15)26-8-7-17(28)23-20(26)29/h7-8,10,14-15,18-19H,5-6,9,11H2,1-4H3,(H,22,27)(H,23,28,29)/t14-,15-,18+,19-/m1/s1. The lowest BCUT2D eigenvalue weighted by atomic mass is 9.97. The first-order valence-corrected chi connectivity index (χ1v) is 10.7. The second kappa shape index (κ2) is 8.64. The fourth-order valence-electron chi connectivity index (χ4n) is 4.36. The number of ether oxygens (including phenoxy) is 3. The number of nitrogens with one attached hydrogen (secondary N) is 2. The number of hydrogen-bond acceptors (Lipinski definition) is 7. The van der Waals surface area contributed by atoms with E-state index in [2.05, 4.69) is 15.4 Å². The maximum Gasteiger partial charge on any atom is 0.328 e. The van der Waals surface area contributed by atoms with Crippen LogP contribution in [0.25, 0.3) is 0 Å². The summed E-state index contributed by atoms with van der Waals surface area (Å²) in [6.07, 6.45) is 2.91. The molecule has 0 bridgehead atoms. The highest BCUT2D eigenvalue weighted by Crippen LogP contribution is 2.39. The second-order valence-electron chi connectivity index (χ2n) is 8.74. The summed E-state index contributed by atoms with van der Waals surface area (Å²) in [6, 6.07) is 0.819. The first-order valence-electron chi connectivity index (χ1n) is 10.7. The number of aryl methyl sites for hydroxylation is 3. The molecule has 0 unspecified atom stereocenters. The van der Waals surface area contributed by atoms with Crippen molar-refractivity contribution in [2.24, 2.45) is 7.05 Å². The van der Waals surface area contributed by atoms with Crippen molar-refractivity contribution in [1.82, 2.24) is 24.6 Å². The lowest BCUT2D eigenvalue weighted by Crippen LogP contribution is -2.54. The van der Waals surface area contributed by atoms with Crippen LogP contribution in [0.2, 0.25) is 0 Å². The van der Waals surface area contributed by atoms with Crippen molar-refractivity contribution in [2.75, 3.05) is 13.2 Å². The van der Waals surface area contributed by atoms with Crippen LogP contribution in [-0.2, 0) is 32.5 Å². The molecule has 2 aromatic rings. The second-order valence-corrected chi connectivity index (χ2v) is 8.74. The normalized spacial score (nSPS) is 26.6. The Labute approximate surface area is 184 Å². The average molecular weight is 447 g/mol. The van der Waals surface area contributed by atoms with Gasteiger partial charge in [0, 0.05) is 38.5 Å². The molecule has 0 aliphatic carbocycles. The number of aromatic amines is 1. The van der Waals surface area contributed by atoms with Crippen molar-refractivity contribution >= 4 is 5.91 Å². The fraction of sp³-hybridized carbons (Fsp3) is 0.619. The molecule has 2 aliphatic heterocycles. The molecule has 0 saturated carbocycles. The van der Waals surface area contributed by atoms with Gasteiger partial charge in [-0.05, 0) is 32.8 Å². The first-order chi connectivity index (χ1) is 15.1. The molecule has 174 valence electrons. The zero-order valence-corrected chi connectivity index (χ0v) is 18.7. The summed E-state index contributed by atoms with van der Waals surface area (Å²) in [5.41, 5.74) is 0.960. The van der Waals surface area contributed by atoms with E-state index in [4.69, 9.17) is 14.2 Å². The average Bonchev–Trinajstić information content (AvgIpc) is 3.21. The third-order valence-electron chi connectivity index (χ3n) is 5.84. The van der Waals surface area contributed by atoms with E-state index in [9.17, 15) is 14.4 Å². The van der Waals surface area contributed by atoms with Crippen LogP contribution in [0.5, 0.6) is 0 Å². The molecule has 11 heteroatoms. The molecule has 2 fully saturated rings. The van der Waals surface area contributed by atoms with E-state index in [1.807, 2.05) is 20.2 Å². The molecule has 11 nitrogen and oxygen atoms in total. The van der Waals surface area contributed by atoms with Crippen LogP contribution in [0.1, 0.15) is 37.6 Å². The van der Waals surface area contributed by atoms with Crippen molar-refractivity contribution < 1.29 is 19.0 Å². The summed E-state index contributed by atoms with van der Waals surface area (Å²) in [4.78, 5) is 38.4. The SMILES string of the molecule is Cc1nn(C)cc1CCC(=O)NC[C@H]1OC[C@@H](n2ccc(=O)[nH]c2=O)[C@@H]2OC(C)(C)O[C@@H]21. The van der Waals surface area contributed by atoms with Gasteiger partial charge < -0.3 is 19.5 Å². The molecule has 32 heavy (non-hydrogen) atoms. The van der Waals surface area contributed by atoms with Gasteiger partial charge in [-0.3, -0.25) is 23.8 Å². The number of carbonyl (C=O) groups is 1. The summed E-state index contributed by atoms with van der Waals surface area (Å²) in [6.45, 7) is 5.96. The Morgan fingerprint density at radius 2 is 2.06 bits per heavy atom. The molecule has 4 rings (SSSR count). The van der Waals surface area contributed by atoms with Crippen LogP contribution in [0.3, 0.4) is 0 Å². The molecule has 2 aromatic heterocycles. The van der Waals surface area contributed by atoms with Gasteiger partial charge in [0.15, 0.2) is 5.79 Å². The van der Waals surface area contributed by atoms with Gasteiger partial charge in [0.25, 0.3) is 5.56 Å². The largest absolute Gasteiger partial charge is 0.371 e. The van der Waals surface area contributed by atoms with E-state index in [0.717, 1.165) is 11.3 Å². The number of hydrogen-bond donors (Lipinski definition) is 2. The minimum Gasteiger partial charge on any atom is -0.371 e. The zero-order valence-electron chi connectivity index (χ0n) is 18.7. The molecular weight excluding hydrogens is 418 g/mol. The van der Waals surface area contributed by atoms with E-state index < -0.39 is 41.4 Å². The van der Waals surface area contributed by atoms with E-state index in [0.29, 0.717) is 12.8 Å². The predicted molar refractivity (Wildman–Crippen MR) is 113 cm³/mol. The van der Waals surface area contributed by atoms with Gasteiger partial charge in [-0.15, -0.1) is 0 Å². The van der Waals surface area contributed by atoms with Crippen LogP contribution in [0.4, 0.5) is 0 Å². The number of H-pyrrole nitrogens is 1. The maximum atomic E-state index is 12.4. The van der Waals surface area contributed by atoms with Crippen molar-refractivity contribution in [2.45, 2.75) is 63.8 Å². The van der Waals surface area contributed by atoms with Gasteiger partial charge in [0.2, 0.25) is 5.91 Å². The minimum atomic E-state index is -0.868. The van der Waals surface area contributed by atoms with Crippen molar-refractivity contribution in [3.8, 4) is 0 Å². The van der Waals surface area contributed by atoms with Crippen molar-refractivity contribution in [1.29, 1.82) is 0 Å². The molecule has 2 aliphatic rings. The predicted octanol–water partition coefficient (Wildman–Crippen LogP) is -0.212. The van der Waals surface area contributed by atoms with Crippen LogP contribution < -0.4 is 16.6 Å². The fourth-order valence-corrected chi connectivity index (χ4v) is 4.36. The third kappa shape index (κ3) is 4.69. The van der Waals surface area contributed by atoms with Gasteiger partial charge >= 0.3 is 5.69 Å². The Kier molecular flexibility index (Phi) is 6.06. The highest BCUT2D eigenvalue weighted by Gasteiger charge is 2.52. The van der Waals surface area contributed by atoms with Crippen LogP contribution in [0.15, 0.2) is 28.0 Å². The van der Waals surface area contributed by atoms with Gasteiger partial charge in [-0.25, -0.2) is 4.79 Å². The number of amides is 1. The van der Waals surface area contributed by atoms with Gasteiger partial charge in [-0.2, -0.15) is 5.10 Å². The summed E-state index contributed by atoms with van der Waals surface area (Å²) in [7, 11) is 1.85. The molecule has 0 spiro atoms. The number of nitrogens with zero attached hydrogens (tertiary/aromatic N) is 3. The number of carbonyl (C=O) groups excluding carboxylic acids is 1. The molecule has 2 saturated heterocycles. The Bertz CT molecular complexity index is 1100. The lowest BCUT2D eigenvalue weighted by Gasteiger charge is -2.37. The smallest absolute Gasteiger partial charge is 0.328 e. The number of aromatic nitrogens is 4. The first kappa shape index (κ1) is 22.4. The van der Waals surface area contributed by atoms with Gasteiger partial charge in [-0.1, -0.05) is 0 Å². The number of fused-ring (bicyclic) bond motifs is 1. The van der Waals surface area contributed by atoms with E-state index >= 15 is 0 Å². The highest BCUT2D eigenvalue weighted by atomic mass is 16.8. The Morgan fingerprint density at radius 1 is 1.31 bits per heavy atom. The highest BCUT2D eigenvalue weighted by molar-refractivity contribution is 5.76. The molecule has 0 radical (unpaired) electrons. The molecule has 2 N–H and O–H groups in total. The zero-order chi connectivity index (χ0) is 23.0. The van der Waals surface area contributed by atoms with E-state index in [1.165, 1.54) is 16.8 Å². The quantitative estimate of drug-likeness (QED) is 0.627. The molecule has 4 atom stereocenters. The van der Waals surface area contributed by atoms with Crippen LogP contribution in [0, 0.1) is 6.92 Å². The summed E-state index contributed by atoms with van der Waals surface area (Å²) >= 11 is 0. The van der Waals surface area contributed by atoms with Crippen LogP contribution in [-0.4, -0.2) is 62.5 Å². The molecule has 4 heterocycles. The summed E-state index contributed by atoms with van der Waals surface area (Å²) in [5, 5.41) is 7.21. The topological polar surface area (TPSA) is 129 Å². The Hall–Kier alpha value is -2.76. The molecular formula is C21H29N5O6. The Morgan fingerprint density at radius 3 is 2.75 bits per heavy atom. The molecule has 1 amide bonds. The van der Waals surface area contributed by atoms with Gasteiger partial charge in [0.05, 0.1) is 18.3 Å². The van der Waals surface area contributed by atoms with Crippen molar-refractivity contribution in [3.63, 3.8) is 0 Å². The third-order valence-corrected chi connectivity index (χ3v) is 5.84. The van der Waals surface area contributed by atoms with E-state index in [-0.39, 0.29) is 19.1 Å². The van der Waals surface area contributed by atoms with Crippen molar-refractivity contribution in [3.05, 3.63) is 50.6 Å². The maximum absolute atomic E-state index is 12.4. The molecule has 0 aromatic carbocycles. The minimum absolute atomic E-state index is 0.0921. The van der Waals surface area contributed by atoms with Crippen LogP contribution >= 0.6 is 0 Å². The number of rotatable bonds is 6.